The first-order valence-corrected chi connectivity index (χ1v) is 6.82. The molecule has 1 heterocycles. The lowest BCUT2D eigenvalue weighted by atomic mass is 9.89. The summed E-state index contributed by atoms with van der Waals surface area (Å²) in [6.07, 6.45) is 1.57. The van der Waals surface area contributed by atoms with Gasteiger partial charge in [0.15, 0.2) is 0 Å². The summed E-state index contributed by atoms with van der Waals surface area (Å²) in [7, 11) is 0. The molecular weight excluding hydrogens is 256 g/mol. The zero-order valence-electron chi connectivity index (χ0n) is 11.6. The second-order valence-corrected chi connectivity index (χ2v) is 5.50. The van der Waals surface area contributed by atoms with Crippen LogP contribution in [0.15, 0.2) is 24.3 Å². The minimum Gasteiger partial charge on any atom is -0.478 e. The zero-order valence-corrected chi connectivity index (χ0v) is 11.6. The summed E-state index contributed by atoms with van der Waals surface area (Å²) in [4.78, 5) is 22.8. The number of rotatable bonds is 5. The standard InChI is InChI=1S/C15H20N2O3/c1-15(7-9-16-10-15)14(20)17-8-6-11-2-4-12(5-3-11)13(18)19/h2-5,16H,6-10H2,1H3,(H,17,20)(H,18,19). The number of hydrogen-bond acceptors (Lipinski definition) is 3. The fraction of sp³-hybridized carbons (Fsp3) is 0.467. The van der Waals surface area contributed by atoms with Crippen molar-refractivity contribution in [2.75, 3.05) is 19.6 Å². The molecule has 3 N–H and O–H groups in total. The van der Waals surface area contributed by atoms with Crippen LogP contribution >= 0.6 is 0 Å². The van der Waals surface area contributed by atoms with Crippen LogP contribution in [0.25, 0.3) is 0 Å². The molecule has 1 saturated heterocycles. The number of aromatic carboxylic acids is 1. The molecule has 108 valence electrons. The van der Waals surface area contributed by atoms with E-state index >= 15 is 0 Å². The monoisotopic (exact) mass is 276 g/mol. The summed E-state index contributed by atoms with van der Waals surface area (Å²) in [5.74, 6) is -0.837. The highest BCUT2D eigenvalue weighted by molar-refractivity contribution is 5.87. The highest BCUT2D eigenvalue weighted by Crippen LogP contribution is 2.24. The molecule has 1 atom stereocenters. The number of nitrogens with one attached hydrogen (secondary N) is 2. The van der Waals surface area contributed by atoms with Crippen molar-refractivity contribution in [2.24, 2.45) is 5.41 Å². The van der Waals surface area contributed by atoms with Crippen molar-refractivity contribution >= 4 is 11.9 Å². The van der Waals surface area contributed by atoms with Crippen LogP contribution in [0.5, 0.6) is 0 Å². The van der Waals surface area contributed by atoms with Crippen LogP contribution in [0.1, 0.15) is 29.3 Å². The molecule has 1 aromatic rings. The minimum atomic E-state index is -0.925. The molecule has 0 bridgehead atoms. The molecular formula is C15H20N2O3. The predicted octanol–water partition coefficient (Wildman–Crippen LogP) is 1.04. The Bertz CT molecular complexity index is 490. The van der Waals surface area contributed by atoms with E-state index in [1.165, 1.54) is 0 Å². The predicted molar refractivity (Wildman–Crippen MR) is 75.7 cm³/mol. The van der Waals surface area contributed by atoms with Gasteiger partial charge in [0.05, 0.1) is 11.0 Å². The largest absolute Gasteiger partial charge is 0.478 e. The molecule has 1 aliphatic rings. The van der Waals surface area contributed by atoms with Crippen molar-refractivity contribution in [1.29, 1.82) is 0 Å². The lowest BCUT2D eigenvalue weighted by molar-refractivity contribution is -0.129. The van der Waals surface area contributed by atoms with E-state index in [1.807, 2.05) is 6.92 Å². The summed E-state index contributed by atoms with van der Waals surface area (Å²) in [6.45, 7) is 4.16. The van der Waals surface area contributed by atoms with Crippen molar-refractivity contribution in [2.45, 2.75) is 19.8 Å². The first kappa shape index (κ1) is 14.5. The molecule has 5 heteroatoms. The van der Waals surface area contributed by atoms with Gasteiger partial charge in [0, 0.05) is 13.1 Å². The van der Waals surface area contributed by atoms with E-state index in [1.54, 1.807) is 24.3 Å². The van der Waals surface area contributed by atoms with Crippen LogP contribution in [0, 0.1) is 5.41 Å². The third-order valence-corrected chi connectivity index (χ3v) is 3.82. The van der Waals surface area contributed by atoms with Gasteiger partial charge in [-0.2, -0.15) is 0 Å². The molecule has 1 unspecified atom stereocenters. The first-order valence-electron chi connectivity index (χ1n) is 6.82. The minimum absolute atomic E-state index is 0.0876. The molecule has 0 aliphatic carbocycles. The van der Waals surface area contributed by atoms with Gasteiger partial charge in [-0.3, -0.25) is 4.79 Å². The molecule has 0 saturated carbocycles. The molecule has 0 radical (unpaired) electrons. The number of carboxylic acids is 1. The smallest absolute Gasteiger partial charge is 0.335 e. The van der Waals surface area contributed by atoms with Crippen LogP contribution in [0.2, 0.25) is 0 Å². The van der Waals surface area contributed by atoms with E-state index in [9.17, 15) is 9.59 Å². The van der Waals surface area contributed by atoms with E-state index in [-0.39, 0.29) is 16.9 Å². The summed E-state index contributed by atoms with van der Waals surface area (Å²) < 4.78 is 0. The maximum absolute atomic E-state index is 12.1. The molecule has 1 aliphatic heterocycles. The molecule has 1 aromatic carbocycles. The van der Waals surface area contributed by atoms with Crippen molar-refractivity contribution < 1.29 is 14.7 Å². The Morgan fingerprint density at radius 2 is 2.05 bits per heavy atom. The maximum Gasteiger partial charge on any atom is 0.335 e. The molecule has 1 amide bonds. The number of carboxylic acid groups (broad SMARTS) is 1. The van der Waals surface area contributed by atoms with E-state index < -0.39 is 5.97 Å². The summed E-state index contributed by atoms with van der Waals surface area (Å²) in [5.41, 5.74) is 1.00. The third kappa shape index (κ3) is 3.36. The topological polar surface area (TPSA) is 78.4 Å². The summed E-state index contributed by atoms with van der Waals surface area (Å²) in [6, 6.07) is 6.74. The van der Waals surface area contributed by atoms with Crippen LogP contribution in [-0.4, -0.2) is 36.6 Å². The van der Waals surface area contributed by atoms with Gasteiger partial charge >= 0.3 is 5.97 Å². The highest BCUT2D eigenvalue weighted by Gasteiger charge is 2.35. The third-order valence-electron chi connectivity index (χ3n) is 3.82. The number of carbonyl (C=O) groups excluding carboxylic acids is 1. The van der Waals surface area contributed by atoms with Gasteiger partial charge in [-0.25, -0.2) is 4.79 Å². The number of carbonyl (C=O) groups is 2. The van der Waals surface area contributed by atoms with Crippen LogP contribution in [-0.2, 0) is 11.2 Å². The molecule has 0 aromatic heterocycles. The number of hydrogen-bond donors (Lipinski definition) is 3. The van der Waals surface area contributed by atoms with Gasteiger partial charge < -0.3 is 15.7 Å². The molecule has 20 heavy (non-hydrogen) atoms. The van der Waals surface area contributed by atoms with Gasteiger partial charge in [-0.15, -0.1) is 0 Å². The second-order valence-electron chi connectivity index (χ2n) is 5.50. The Morgan fingerprint density at radius 1 is 1.35 bits per heavy atom. The fourth-order valence-corrected chi connectivity index (χ4v) is 2.36. The van der Waals surface area contributed by atoms with Crippen molar-refractivity contribution in [3.05, 3.63) is 35.4 Å². The Labute approximate surface area is 118 Å². The molecule has 0 spiro atoms. The lowest BCUT2D eigenvalue weighted by Gasteiger charge is -2.21. The van der Waals surface area contributed by atoms with E-state index in [4.69, 9.17) is 5.11 Å². The van der Waals surface area contributed by atoms with E-state index in [0.29, 0.717) is 13.0 Å². The lowest BCUT2D eigenvalue weighted by Crippen LogP contribution is -2.41. The average molecular weight is 276 g/mol. The molecule has 2 rings (SSSR count). The quantitative estimate of drug-likeness (QED) is 0.751. The summed E-state index contributed by atoms with van der Waals surface area (Å²) >= 11 is 0. The van der Waals surface area contributed by atoms with Gasteiger partial charge in [0.25, 0.3) is 0 Å². The average Bonchev–Trinajstić information content (AvgIpc) is 2.87. The van der Waals surface area contributed by atoms with Crippen LogP contribution in [0.3, 0.4) is 0 Å². The van der Waals surface area contributed by atoms with E-state index in [2.05, 4.69) is 10.6 Å². The van der Waals surface area contributed by atoms with E-state index in [0.717, 1.165) is 25.1 Å². The van der Waals surface area contributed by atoms with Crippen molar-refractivity contribution in [3.8, 4) is 0 Å². The normalized spacial score (nSPS) is 21.6. The Hall–Kier alpha value is -1.88. The van der Waals surface area contributed by atoms with Gasteiger partial charge in [0.1, 0.15) is 0 Å². The zero-order chi connectivity index (χ0) is 14.6. The fourth-order valence-electron chi connectivity index (χ4n) is 2.36. The first-order chi connectivity index (χ1) is 9.51. The molecule has 1 fully saturated rings. The van der Waals surface area contributed by atoms with Crippen LogP contribution in [0.4, 0.5) is 0 Å². The number of benzene rings is 1. The summed E-state index contributed by atoms with van der Waals surface area (Å²) in [5, 5.41) is 15.0. The molecule has 5 nitrogen and oxygen atoms in total. The highest BCUT2D eigenvalue weighted by atomic mass is 16.4. The van der Waals surface area contributed by atoms with Gasteiger partial charge in [-0.1, -0.05) is 12.1 Å². The van der Waals surface area contributed by atoms with Crippen molar-refractivity contribution in [3.63, 3.8) is 0 Å². The SMILES string of the molecule is CC1(C(=O)NCCc2ccc(C(=O)O)cc2)CCNC1. The Balaban J connectivity index is 1.81. The van der Waals surface area contributed by atoms with Crippen LogP contribution < -0.4 is 10.6 Å². The maximum atomic E-state index is 12.1. The number of amides is 1. The van der Waals surface area contributed by atoms with Gasteiger partial charge in [-0.05, 0) is 44.0 Å². The Kier molecular flexibility index (Phi) is 4.39. The second kappa shape index (κ2) is 6.05. The van der Waals surface area contributed by atoms with Gasteiger partial charge in [0.2, 0.25) is 5.91 Å². The Morgan fingerprint density at radius 3 is 2.60 bits per heavy atom. The van der Waals surface area contributed by atoms with Crippen molar-refractivity contribution in [1.82, 2.24) is 10.6 Å².